The third-order valence-corrected chi connectivity index (χ3v) is 5.54. The number of carbonyl (C=O) groups is 2. The fourth-order valence-corrected chi connectivity index (χ4v) is 4.08. The van der Waals surface area contributed by atoms with Gasteiger partial charge in [0, 0.05) is 6.07 Å². The van der Waals surface area contributed by atoms with E-state index in [1.165, 1.54) is 19.3 Å². The Morgan fingerprint density at radius 3 is 2.62 bits per heavy atom. The van der Waals surface area contributed by atoms with E-state index in [4.69, 9.17) is 0 Å². The lowest BCUT2D eigenvalue weighted by Crippen LogP contribution is -2.34. The van der Waals surface area contributed by atoms with Crippen LogP contribution in [0.4, 0.5) is 5.82 Å². The highest BCUT2D eigenvalue weighted by Gasteiger charge is 2.19. The summed E-state index contributed by atoms with van der Waals surface area (Å²) < 4.78 is 1.91. The largest absolute Gasteiger partial charge is 0.347 e. The molecule has 1 saturated carbocycles. The average Bonchev–Trinajstić information content (AvgIpc) is 3.21. The monoisotopic (exact) mass is 390 g/mol. The van der Waals surface area contributed by atoms with Crippen molar-refractivity contribution in [3.05, 3.63) is 60.3 Å². The first-order valence-electron chi connectivity index (χ1n) is 10.3. The second-order valence-corrected chi connectivity index (χ2v) is 7.59. The highest BCUT2D eigenvalue weighted by Crippen LogP contribution is 2.29. The third kappa shape index (κ3) is 4.65. The number of benzene rings is 2. The second-order valence-electron chi connectivity index (χ2n) is 7.59. The van der Waals surface area contributed by atoms with E-state index in [0.29, 0.717) is 11.9 Å². The van der Waals surface area contributed by atoms with Gasteiger partial charge in [0.25, 0.3) is 0 Å². The van der Waals surface area contributed by atoms with Crippen molar-refractivity contribution in [2.24, 2.45) is 0 Å². The first kappa shape index (κ1) is 19.2. The molecule has 0 saturated heterocycles. The van der Waals surface area contributed by atoms with Crippen molar-refractivity contribution >= 4 is 28.4 Å². The van der Waals surface area contributed by atoms with E-state index in [1.807, 2.05) is 53.2 Å². The zero-order valence-corrected chi connectivity index (χ0v) is 16.4. The molecule has 2 aromatic carbocycles. The number of hydrogen-bond acceptors (Lipinski definition) is 3. The van der Waals surface area contributed by atoms with Crippen molar-refractivity contribution in [1.82, 2.24) is 15.1 Å². The predicted molar refractivity (Wildman–Crippen MR) is 114 cm³/mol. The highest BCUT2D eigenvalue weighted by atomic mass is 16.2. The highest BCUT2D eigenvalue weighted by molar-refractivity contribution is 5.95. The van der Waals surface area contributed by atoms with Crippen LogP contribution >= 0.6 is 0 Å². The molecular weight excluding hydrogens is 364 g/mol. The minimum absolute atomic E-state index is 0.0561. The molecule has 0 bridgehead atoms. The molecule has 6 nitrogen and oxygen atoms in total. The molecule has 29 heavy (non-hydrogen) atoms. The normalized spacial score (nSPS) is 14.6. The van der Waals surface area contributed by atoms with Crippen molar-refractivity contribution in [3.63, 3.8) is 0 Å². The number of hydrogen-bond donors (Lipinski definition) is 2. The van der Waals surface area contributed by atoms with Gasteiger partial charge in [-0.15, -0.1) is 0 Å². The van der Waals surface area contributed by atoms with E-state index in [9.17, 15) is 9.59 Å². The van der Waals surface area contributed by atoms with E-state index in [0.717, 1.165) is 29.2 Å². The van der Waals surface area contributed by atoms with Crippen LogP contribution < -0.4 is 10.6 Å². The van der Waals surface area contributed by atoms with Crippen LogP contribution in [0.3, 0.4) is 0 Å². The summed E-state index contributed by atoms with van der Waals surface area (Å²) in [6.07, 6.45) is 7.79. The van der Waals surface area contributed by atoms with E-state index < -0.39 is 0 Å². The Hall–Kier alpha value is -3.15. The smallest absolute Gasteiger partial charge is 0.244 e. The molecule has 1 aliphatic carbocycles. The molecule has 3 aromatic rings. The fraction of sp³-hybridized carbons (Fsp3) is 0.348. The number of rotatable bonds is 6. The molecule has 150 valence electrons. The quantitative estimate of drug-likeness (QED) is 0.671. The molecule has 4 rings (SSSR count). The number of carbonyl (C=O) groups excluding carboxylic acids is 2. The lowest BCUT2D eigenvalue weighted by Gasteiger charge is -2.23. The van der Waals surface area contributed by atoms with E-state index >= 15 is 0 Å². The molecule has 0 aliphatic heterocycles. The van der Waals surface area contributed by atoms with Gasteiger partial charge in [-0.1, -0.05) is 61.7 Å². The number of nitrogens with one attached hydrogen (secondary N) is 2. The summed E-state index contributed by atoms with van der Waals surface area (Å²) in [5.74, 6) is 0.288. The molecule has 1 heterocycles. The number of aromatic nitrogens is 2. The van der Waals surface area contributed by atoms with Crippen LogP contribution in [-0.2, 0) is 16.0 Å². The van der Waals surface area contributed by atoms with Crippen LogP contribution in [0.25, 0.3) is 10.8 Å². The number of anilines is 1. The van der Waals surface area contributed by atoms with Crippen molar-refractivity contribution < 1.29 is 9.59 Å². The van der Waals surface area contributed by atoms with Crippen molar-refractivity contribution in [3.8, 4) is 0 Å². The minimum Gasteiger partial charge on any atom is -0.347 e. The molecular formula is C23H26N4O2. The molecule has 2 N–H and O–H groups in total. The van der Waals surface area contributed by atoms with Crippen LogP contribution in [0.2, 0.25) is 0 Å². The Balaban J connectivity index is 1.32. The first-order chi connectivity index (χ1) is 14.2. The van der Waals surface area contributed by atoms with Gasteiger partial charge in [0.05, 0.1) is 25.2 Å². The molecule has 0 atom stereocenters. The lowest BCUT2D eigenvalue weighted by molar-refractivity contribution is -0.123. The average molecular weight is 390 g/mol. The molecule has 0 radical (unpaired) electrons. The number of amides is 2. The SMILES string of the molecule is O=C(Cc1cccc2ccccc12)NCC(=O)Nc1ccnn1C1CCCCC1. The van der Waals surface area contributed by atoms with Gasteiger partial charge in [0.1, 0.15) is 5.82 Å². The standard InChI is InChI=1S/C23H26N4O2/c28-22(15-18-9-6-8-17-7-4-5-12-20(17)18)24-16-23(29)26-21-13-14-25-27(21)19-10-2-1-3-11-19/h4-9,12-14,19H,1-3,10-11,15-16H2,(H,24,28)(H,26,29). The summed E-state index contributed by atoms with van der Waals surface area (Å²) in [4.78, 5) is 24.7. The molecule has 6 heteroatoms. The Labute approximate surface area is 170 Å². The van der Waals surface area contributed by atoms with Crippen LogP contribution in [0.15, 0.2) is 54.7 Å². The second kappa shape index (κ2) is 8.90. The zero-order chi connectivity index (χ0) is 20.1. The summed E-state index contributed by atoms with van der Waals surface area (Å²) in [7, 11) is 0. The lowest BCUT2D eigenvalue weighted by atomic mass is 9.96. The Morgan fingerprint density at radius 1 is 0.966 bits per heavy atom. The first-order valence-corrected chi connectivity index (χ1v) is 10.3. The van der Waals surface area contributed by atoms with Gasteiger partial charge < -0.3 is 10.6 Å². The predicted octanol–water partition coefficient (Wildman–Crippen LogP) is 3.84. The third-order valence-electron chi connectivity index (χ3n) is 5.54. The van der Waals surface area contributed by atoms with Crippen LogP contribution in [0.1, 0.15) is 43.7 Å². The van der Waals surface area contributed by atoms with Crippen LogP contribution in [-0.4, -0.2) is 28.1 Å². The fourth-order valence-electron chi connectivity index (χ4n) is 4.08. The number of fused-ring (bicyclic) bond motifs is 1. The van der Waals surface area contributed by atoms with Crippen molar-refractivity contribution in [2.45, 2.75) is 44.6 Å². The van der Waals surface area contributed by atoms with Crippen molar-refractivity contribution in [1.29, 1.82) is 0 Å². The number of nitrogens with zero attached hydrogens (tertiary/aromatic N) is 2. The Morgan fingerprint density at radius 2 is 1.76 bits per heavy atom. The molecule has 0 unspecified atom stereocenters. The molecule has 1 aliphatic rings. The molecule has 1 aromatic heterocycles. The van der Waals surface area contributed by atoms with Gasteiger partial charge >= 0.3 is 0 Å². The maximum atomic E-state index is 12.4. The van der Waals surface area contributed by atoms with Gasteiger partial charge in [-0.05, 0) is 29.2 Å². The van der Waals surface area contributed by atoms with Gasteiger partial charge in [-0.25, -0.2) is 4.68 Å². The molecule has 2 amide bonds. The van der Waals surface area contributed by atoms with Crippen LogP contribution in [0.5, 0.6) is 0 Å². The summed E-state index contributed by atoms with van der Waals surface area (Å²) in [6, 6.07) is 16.1. The topological polar surface area (TPSA) is 76.0 Å². The Bertz CT molecular complexity index is 1000. The van der Waals surface area contributed by atoms with Crippen molar-refractivity contribution in [2.75, 3.05) is 11.9 Å². The summed E-state index contributed by atoms with van der Waals surface area (Å²) in [6.45, 7) is -0.0561. The van der Waals surface area contributed by atoms with Gasteiger partial charge in [-0.3, -0.25) is 9.59 Å². The summed E-state index contributed by atoms with van der Waals surface area (Å²) in [5.41, 5.74) is 0.955. The molecule has 1 fully saturated rings. The van der Waals surface area contributed by atoms with E-state index in [2.05, 4.69) is 15.7 Å². The summed E-state index contributed by atoms with van der Waals surface area (Å²) >= 11 is 0. The van der Waals surface area contributed by atoms with Gasteiger partial charge in [-0.2, -0.15) is 5.10 Å². The van der Waals surface area contributed by atoms with Gasteiger partial charge in [0.15, 0.2) is 0 Å². The van der Waals surface area contributed by atoms with Gasteiger partial charge in [0.2, 0.25) is 11.8 Å². The zero-order valence-electron chi connectivity index (χ0n) is 16.4. The Kier molecular flexibility index (Phi) is 5.89. The molecule has 0 spiro atoms. The maximum Gasteiger partial charge on any atom is 0.244 e. The van der Waals surface area contributed by atoms with Crippen LogP contribution in [0, 0.1) is 0 Å². The minimum atomic E-state index is -0.242. The summed E-state index contributed by atoms with van der Waals surface area (Å²) in [5, 5.41) is 12.2. The van der Waals surface area contributed by atoms with E-state index in [-0.39, 0.29) is 24.8 Å². The maximum absolute atomic E-state index is 12.4. The van der Waals surface area contributed by atoms with E-state index in [1.54, 1.807) is 6.20 Å².